The van der Waals surface area contributed by atoms with E-state index in [1.54, 1.807) is 0 Å². The molecule has 1 aromatic rings. The van der Waals surface area contributed by atoms with Gasteiger partial charge in [-0.1, -0.05) is 0 Å². The molecule has 0 saturated carbocycles. The number of likely N-dealkylation sites (tertiary alicyclic amines) is 1. The minimum atomic E-state index is 0.708. The lowest BCUT2D eigenvalue weighted by atomic mass is 10.1. The molecule has 0 atom stereocenters. The van der Waals surface area contributed by atoms with Crippen molar-refractivity contribution in [1.29, 1.82) is 0 Å². The third-order valence-corrected chi connectivity index (χ3v) is 3.17. The predicted octanol–water partition coefficient (Wildman–Crippen LogP) is 1.77. The average Bonchev–Trinajstić information content (AvgIpc) is 2.65. The first-order chi connectivity index (χ1) is 7.28. The molecule has 0 spiro atoms. The van der Waals surface area contributed by atoms with Crippen LogP contribution in [0.3, 0.4) is 0 Å². The first-order valence-electron chi connectivity index (χ1n) is 5.73. The monoisotopic (exact) mass is 208 g/mol. The van der Waals surface area contributed by atoms with E-state index in [2.05, 4.69) is 23.3 Å². The number of furan rings is 1. The molecule has 2 heterocycles. The highest BCUT2D eigenvalue weighted by molar-refractivity contribution is 5.05. The zero-order chi connectivity index (χ0) is 10.7. The molecule has 0 bridgehead atoms. The highest BCUT2D eigenvalue weighted by atomic mass is 16.3. The molecule has 3 nitrogen and oxygen atoms in total. The second kappa shape index (κ2) is 4.81. The summed E-state index contributed by atoms with van der Waals surface area (Å²) in [6.45, 7) is 5.30. The summed E-state index contributed by atoms with van der Waals surface area (Å²) in [5, 5.41) is 3.34. The van der Waals surface area contributed by atoms with Gasteiger partial charge in [-0.3, -0.25) is 4.90 Å². The highest BCUT2D eigenvalue weighted by Crippen LogP contribution is 2.15. The van der Waals surface area contributed by atoms with Crippen LogP contribution in [0, 0.1) is 6.92 Å². The maximum atomic E-state index is 5.58. The zero-order valence-electron chi connectivity index (χ0n) is 9.62. The fourth-order valence-electron chi connectivity index (χ4n) is 2.17. The Bertz CT molecular complexity index is 300. The van der Waals surface area contributed by atoms with Gasteiger partial charge in [-0.05, 0) is 38.9 Å². The highest BCUT2D eigenvalue weighted by Gasteiger charge is 2.18. The van der Waals surface area contributed by atoms with Crippen LogP contribution in [0.15, 0.2) is 16.5 Å². The quantitative estimate of drug-likeness (QED) is 0.820. The molecular weight excluding hydrogens is 188 g/mol. The van der Waals surface area contributed by atoms with Gasteiger partial charge in [0.15, 0.2) is 0 Å². The summed E-state index contributed by atoms with van der Waals surface area (Å²) in [7, 11) is 2.05. The number of nitrogens with one attached hydrogen (secondary N) is 1. The third kappa shape index (κ3) is 2.83. The Morgan fingerprint density at radius 1 is 1.40 bits per heavy atom. The van der Waals surface area contributed by atoms with Crippen molar-refractivity contribution in [2.75, 3.05) is 20.1 Å². The molecular formula is C12H20N2O. The average molecular weight is 208 g/mol. The van der Waals surface area contributed by atoms with E-state index in [9.17, 15) is 0 Å². The number of rotatable bonds is 3. The molecule has 1 saturated heterocycles. The summed E-state index contributed by atoms with van der Waals surface area (Å²) >= 11 is 0. The third-order valence-electron chi connectivity index (χ3n) is 3.17. The molecule has 1 fully saturated rings. The lowest BCUT2D eigenvalue weighted by Crippen LogP contribution is -2.40. The Kier molecular flexibility index (Phi) is 3.44. The molecule has 15 heavy (non-hydrogen) atoms. The van der Waals surface area contributed by atoms with Crippen molar-refractivity contribution >= 4 is 0 Å². The smallest absolute Gasteiger partial charge is 0.118 e. The lowest BCUT2D eigenvalue weighted by Gasteiger charge is -2.31. The van der Waals surface area contributed by atoms with Crippen LogP contribution in [0.1, 0.15) is 24.4 Å². The van der Waals surface area contributed by atoms with Crippen molar-refractivity contribution in [3.05, 3.63) is 23.7 Å². The van der Waals surface area contributed by atoms with Crippen LogP contribution in [-0.2, 0) is 6.54 Å². The standard InChI is InChI=1S/C12H20N2O/c1-10-3-4-12(15-10)9-14-7-5-11(13-2)6-8-14/h3-4,11,13H,5-9H2,1-2H3. The van der Waals surface area contributed by atoms with Gasteiger partial charge < -0.3 is 9.73 Å². The molecule has 1 aliphatic rings. The van der Waals surface area contributed by atoms with Gasteiger partial charge in [0.1, 0.15) is 11.5 Å². The van der Waals surface area contributed by atoms with Gasteiger partial charge in [0.05, 0.1) is 6.54 Å². The molecule has 1 N–H and O–H groups in total. The Labute approximate surface area is 91.4 Å². The number of hydrogen-bond acceptors (Lipinski definition) is 3. The van der Waals surface area contributed by atoms with Gasteiger partial charge in [-0.15, -0.1) is 0 Å². The number of piperidine rings is 1. The minimum Gasteiger partial charge on any atom is -0.465 e. The van der Waals surface area contributed by atoms with Gasteiger partial charge >= 0.3 is 0 Å². The van der Waals surface area contributed by atoms with Crippen LogP contribution >= 0.6 is 0 Å². The molecule has 0 aromatic carbocycles. The summed E-state index contributed by atoms with van der Waals surface area (Å²) in [4.78, 5) is 2.46. The second-order valence-corrected chi connectivity index (χ2v) is 4.35. The number of hydrogen-bond donors (Lipinski definition) is 1. The summed E-state index contributed by atoms with van der Waals surface area (Å²) in [5.41, 5.74) is 0. The Hall–Kier alpha value is -0.800. The minimum absolute atomic E-state index is 0.708. The lowest BCUT2D eigenvalue weighted by molar-refractivity contribution is 0.181. The summed E-state index contributed by atoms with van der Waals surface area (Å²) in [5.74, 6) is 2.10. The largest absolute Gasteiger partial charge is 0.465 e. The van der Waals surface area contributed by atoms with Crippen LogP contribution < -0.4 is 5.32 Å². The van der Waals surface area contributed by atoms with Crippen molar-refractivity contribution < 1.29 is 4.42 Å². The van der Waals surface area contributed by atoms with Gasteiger partial charge in [0, 0.05) is 19.1 Å². The summed E-state index contributed by atoms with van der Waals surface area (Å²) < 4.78 is 5.58. The van der Waals surface area contributed by atoms with Crippen LogP contribution in [-0.4, -0.2) is 31.1 Å². The molecule has 0 amide bonds. The predicted molar refractivity (Wildman–Crippen MR) is 60.8 cm³/mol. The maximum absolute atomic E-state index is 5.58. The van der Waals surface area contributed by atoms with E-state index in [1.807, 2.05) is 13.0 Å². The molecule has 0 unspecified atom stereocenters. The van der Waals surface area contributed by atoms with E-state index in [1.165, 1.54) is 25.9 Å². The molecule has 3 heteroatoms. The van der Waals surface area contributed by atoms with Crippen LogP contribution in [0.4, 0.5) is 0 Å². The van der Waals surface area contributed by atoms with Gasteiger partial charge in [0.25, 0.3) is 0 Å². The van der Waals surface area contributed by atoms with E-state index in [0.717, 1.165) is 18.1 Å². The topological polar surface area (TPSA) is 28.4 Å². The molecule has 0 aliphatic carbocycles. The number of aryl methyl sites for hydroxylation is 1. The maximum Gasteiger partial charge on any atom is 0.118 e. The first-order valence-corrected chi connectivity index (χ1v) is 5.73. The van der Waals surface area contributed by atoms with Gasteiger partial charge in [0.2, 0.25) is 0 Å². The van der Waals surface area contributed by atoms with Gasteiger partial charge in [-0.2, -0.15) is 0 Å². The Morgan fingerprint density at radius 3 is 2.67 bits per heavy atom. The number of nitrogens with zero attached hydrogens (tertiary/aromatic N) is 1. The fourth-order valence-corrected chi connectivity index (χ4v) is 2.17. The SMILES string of the molecule is CNC1CCN(Cc2ccc(C)o2)CC1. The van der Waals surface area contributed by atoms with Crippen molar-refractivity contribution in [3.8, 4) is 0 Å². The van der Waals surface area contributed by atoms with Gasteiger partial charge in [-0.25, -0.2) is 0 Å². The van der Waals surface area contributed by atoms with Crippen LogP contribution in [0.5, 0.6) is 0 Å². The van der Waals surface area contributed by atoms with Crippen molar-refractivity contribution in [1.82, 2.24) is 10.2 Å². The molecule has 2 rings (SSSR count). The second-order valence-electron chi connectivity index (χ2n) is 4.35. The summed E-state index contributed by atoms with van der Waals surface area (Å²) in [6.07, 6.45) is 2.49. The zero-order valence-corrected chi connectivity index (χ0v) is 9.62. The molecule has 0 radical (unpaired) electrons. The molecule has 84 valence electrons. The van der Waals surface area contributed by atoms with E-state index in [0.29, 0.717) is 6.04 Å². The Morgan fingerprint density at radius 2 is 2.13 bits per heavy atom. The van der Waals surface area contributed by atoms with Crippen molar-refractivity contribution in [3.63, 3.8) is 0 Å². The van der Waals surface area contributed by atoms with E-state index in [4.69, 9.17) is 4.42 Å². The van der Waals surface area contributed by atoms with E-state index in [-0.39, 0.29) is 0 Å². The fraction of sp³-hybridized carbons (Fsp3) is 0.667. The summed E-state index contributed by atoms with van der Waals surface area (Å²) in [6, 6.07) is 4.83. The first kappa shape index (κ1) is 10.7. The van der Waals surface area contributed by atoms with Crippen molar-refractivity contribution in [2.45, 2.75) is 32.4 Å². The van der Waals surface area contributed by atoms with Crippen molar-refractivity contribution in [2.24, 2.45) is 0 Å². The van der Waals surface area contributed by atoms with Crippen LogP contribution in [0.25, 0.3) is 0 Å². The van der Waals surface area contributed by atoms with E-state index >= 15 is 0 Å². The molecule has 1 aromatic heterocycles. The Balaban J connectivity index is 1.82. The van der Waals surface area contributed by atoms with Crippen LogP contribution in [0.2, 0.25) is 0 Å². The van der Waals surface area contributed by atoms with E-state index < -0.39 is 0 Å². The normalized spacial score (nSPS) is 19.6. The molecule has 1 aliphatic heterocycles.